The van der Waals surface area contributed by atoms with Crippen LogP contribution in [0.3, 0.4) is 0 Å². The van der Waals surface area contributed by atoms with Crippen molar-refractivity contribution in [3.8, 4) is 0 Å². The van der Waals surface area contributed by atoms with Crippen molar-refractivity contribution in [2.75, 3.05) is 5.32 Å². The molecule has 1 atom stereocenters. The highest BCUT2D eigenvalue weighted by molar-refractivity contribution is 5.92. The molecule has 0 aromatic heterocycles. The van der Waals surface area contributed by atoms with Crippen molar-refractivity contribution in [3.63, 3.8) is 0 Å². The van der Waals surface area contributed by atoms with Crippen molar-refractivity contribution < 1.29 is 0 Å². The van der Waals surface area contributed by atoms with Crippen molar-refractivity contribution in [1.29, 1.82) is 0 Å². The maximum Gasteiger partial charge on any atom is 0.193 e. The van der Waals surface area contributed by atoms with Crippen LogP contribution >= 0.6 is 0 Å². The number of nitrogens with one attached hydrogen (secondary N) is 1. The van der Waals surface area contributed by atoms with Crippen LogP contribution in [0.15, 0.2) is 35.3 Å². The van der Waals surface area contributed by atoms with Gasteiger partial charge in [-0.3, -0.25) is 0 Å². The molecular formula is C15H23N3. The predicted octanol–water partition coefficient (Wildman–Crippen LogP) is 3.38. The molecule has 0 bridgehead atoms. The molecule has 3 heteroatoms. The number of anilines is 1. The third kappa shape index (κ3) is 3.76. The Balaban J connectivity index is 1.91. The third-order valence-electron chi connectivity index (χ3n) is 3.72. The Morgan fingerprint density at radius 1 is 1.22 bits per heavy atom. The zero-order chi connectivity index (χ0) is 12.8. The van der Waals surface area contributed by atoms with Crippen molar-refractivity contribution in [2.24, 2.45) is 16.6 Å². The monoisotopic (exact) mass is 245 g/mol. The zero-order valence-electron chi connectivity index (χ0n) is 11.1. The molecule has 1 fully saturated rings. The van der Waals surface area contributed by atoms with E-state index in [0.29, 0.717) is 17.9 Å². The molecule has 0 radical (unpaired) electrons. The van der Waals surface area contributed by atoms with Crippen LogP contribution in [0.5, 0.6) is 0 Å². The minimum absolute atomic E-state index is 0.321. The summed E-state index contributed by atoms with van der Waals surface area (Å²) in [6, 6.07) is 10.3. The van der Waals surface area contributed by atoms with Crippen molar-refractivity contribution in [2.45, 2.75) is 45.1 Å². The Bertz CT molecular complexity index is 380. The summed E-state index contributed by atoms with van der Waals surface area (Å²) >= 11 is 0. The van der Waals surface area contributed by atoms with Gasteiger partial charge in [0.2, 0.25) is 0 Å². The molecular weight excluding hydrogens is 222 g/mol. The summed E-state index contributed by atoms with van der Waals surface area (Å²) in [5, 5.41) is 3.14. The SMILES string of the molecule is CC(N=C(N)Nc1ccccc1)C1CCCCC1. The molecule has 18 heavy (non-hydrogen) atoms. The fourth-order valence-corrected chi connectivity index (χ4v) is 2.64. The molecule has 3 N–H and O–H groups in total. The van der Waals surface area contributed by atoms with E-state index in [1.165, 1.54) is 32.1 Å². The van der Waals surface area contributed by atoms with Crippen LogP contribution in [0.2, 0.25) is 0 Å². The third-order valence-corrected chi connectivity index (χ3v) is 3.72. The van der Waals surface area contributed by atoms with E-state index < -0.39 is 0 Å². The van der Waals surface area contributed by atoms with E-state index in [-0.39, 0.29) is 0 Å². The molecule has 1 aliphatic carbocycles. The van der Waals surface area contributed by atoms with Crippen molar-refractivity contribution >= 4 is 11.6 Å². The fourth-order valence-electron chi connectivity index (χ4n) is 2.64. The van der Waals surface area contributed by atoms with Gasteiger partial charge in [0, 0.05) is 5.69 Å². The first kappa shape index (κ1) is 12.9. The molecule has 3 nitrogen and oxygen atoms in total. The lowest BCUT2D eigenvalue weighted by Gasteiger charge is -2.25. The minimum Gasteiger partial charge on any atom is -0.370 e. The molecule has 0 amide bonds. The van der Waals surface area contributed by atoms with Crippen molar-refractivity contribution in [3.05, 3.63) is 30.3 Å². The average Bonchev–Trinajstić information content (AvgIpc) is 2.40. The number of aliphatic imine (C=N–C) groups is 1. The van der Waals surface area contributed by atoms with Gasteiger partial charge in [-0.05, 0) is 37.8 Å². The van der Waals surface area contributed by atoms with Gasteiger partial charge < -0.3 is 11.1 Å². The minimum atomic E-state index is 0.321. The average molecular weight is 245 g/mol. The summed E-state index contributed by atoms with van der Waals surface area (Å²) in [4.78, 5) is 4.58. The summed E-state index contributed by atoms with van der Waals surface area (Å²) < 4.78 is 0. The Kier molecular flexibility index (Phi) is 4.62. The molecule has 1 unspecified atom stereocenters. The van der Waals surface area contributed by atoms with Gasteiger partial charge in [0.1, 0.15) is 0 Å². The van der Waals surface area contributed by atoms with Gasteiger partial charge in [0.05, 0.1) is 6.04 Å². The first-order chi connectivity index (χ1) is 8.75. The van der Waals surface area contributed by atoms with Gasteiger partial charge in [0.25, 0.3) is 0 Å². The van der Waals surface area contributed by atoms with Gasteiger partial charge in [-0.15, -0.1) is 0 Å². The molecule has 2 rings (SSSR count). The number of rotatable bonds is 3. The van der Waals surface area contributed by atoms with Gasteiger partial charge in [-0.2, -0.15) is 0 Å². The summed E-state index contributed by atoms with van der Waals surface area (Å²) in [6.45, 7) is 2.18. The van der Waals surface area contributed by atoms with Crippen LogP contribution in [-0.2, 0) is 0 Å². The van der Waals surface area contributed by atoms with E-state index in [0.717, 1.165) is 5.69 Å². The number of nitrogens with zero attached hydrogens (tertiary/aromatic N) is 1. The largest absolute Gasteiger partial charge is 0.370 e. The first-order valence-electron chi connectivity index (χ1n) is 6.91. The topological polar surface area (TPSA) is 50.4 Å². The van der Waals surface area contributed by atoms with Crippen LogP contribution in [0.1, 0.15) is 39.0 Å². The second-order valence-electron chi connectivity index (χ2n) is 5.14. The van der Waals surface area contributed by atoms with E-state index in [1.54, 1.807) is 0 Å². The standard InChI is InChI=1S/C15H23N3/c1-12(13-8-4-2-5-9-13)17-15(16)18-14-10-6-3-7-11-14/h3,6-7,10-13H,2,4-5,8-9H2,1H3,(H3,16,17,18). The lowest BCUT2D eigenvalue weighted by atomic mass is 9.85. The number of para-hydroxylation sites is 1. The molecule has 0 heterocycles. The smallest absolute Gasteiger partial charge is 0.193 e. The summed E-state index contributed by atoms with van der Waals surface area (Å²) in [7, 11) is 0. The fraction of sp³-hybridized carbons (Fsp3) is 0.533. The molecule has 0 saturated heterocycles. The number of hydrogen-bond donors (Lipinski definition) is 2. The normalized spacial score (nSPS) is 19.5. The van der Waals surface area contributed by atoms with Crippen LogP contribution < -0.4 is 11.1 Å². The summed E-state index contributed by atoms with van der Waals surface area (Å²) in [6.07, 6.45) is 6.66. The Morgan fingerprint density at radius 2 is 1.89 bits per heavy atom. The van der Waals surface area contributed by atoms with Crippen LogP contribution in [0, 0.1) is 5.92 Å². The molecule has 1 aliphatic rings. The van der Waals surface area contributed by atoms with E-state index in [2.05, 4.69) is 17.2 Å². The maximum absolute atomic E-state index is 5.95. The quantitative estimate of drug-likeness (QED) is 0.633. The molecule has 1 aromatic rings. The van der Waals surface area contributed by atoms with Crippen molar-refractivity contribution in [1.82, 2.24) is 0 Å². The number of nitrogens with two attached hydrogens (primary N) is 1. The highest BCUT2D eigenvalue weighted by Gasteiger charge is 2.19. The van der Waals surface area contributed by atoms with Crippen LogP contribution in [0.4, 0.5) is 5.69 Å². The van der Waals surface area contributed by atoms with Crippen LogP contribution in [-0.4, -0.2) is 12.0 Å². The van der Waals surface area contributed by atoms with E-state index in [4.69, 9.17) is 5.73 Å². The van der Waals surface area contributed by atoms with Gasteiger partial charge in [-0.25, -0.2) is 4.99 Å². The Hall–Kier alpha value is -1.51. The lowest BCUT2D eigenvalue weighted by Crippen LogP contribution is -2.27. The van der Waals surface area contributed by atoms with Gasteiger partial charge in [-0.1, -0.05) is 37.5 Å². The predicted molar refractivity (Wildman–Crippen MR) is 77.7 cm³/mol. The van der Waals surface area contributed by atoms with Gasteiger partial charge in [0.15, 0.2) is 5.96 Å². The number of hydrogen-bond acceptors (Lipinski definition) is 1. The summed E-state index contributed by atoms with van der Waals surface area (Å²) in [5.41, 5.74) is 6.95. The van der Waals surface area contributed by atoms with Crippen LogP contribution in [0.25, 0.3) is 0 Å². The molecule has 0 aliphatic heterocycles. The molecule has 1 saturated carbocycles. The zero-order valence-corrected chi connectivity index (χ0v) is 11.1. The second kappa shape index (κ2) is 6.43. The van der Waals surface area contributed by atoms with E-state index in [1.807, 2.05) is 30.3 Å². The molecule has 0 spiro atoms. The number of benzene rings is 1. The lowest BCUT2D eigenvalue weighted by molar-refractivity contribution is 0.318. The summed E-state index contributed by atoms with van der Waals surface area (Å²) in [5.74, 6) is 1.23. The van der Waals surface area contributed by atoms with E-state index in [9.17, 15) is 0 Å². The number of guanidine groups is 1. The molecule has 98 valence electrons. The highest BCUT2D eigenvalue weighted by atomic mass is 15.1. The highest BCUT2D eigenvalue weighted by Crippen LogP contribution is 2.27. The first-order valence-corrected chi connectivity index (χ1v) is 6.91. The maximum atomic E-state index is 5.95. The Labute approximate surface area is 109 Å². The van der Waals surface area contributed by atoms with Gasteiger partial charge >= 0.3 is 0 Å². The second-order valence-corrected chi connectivity index (χ2v) is 5.14. The van der Waals surface area contributed by atoms with E-state index >= 15 is 0 Å². The molecule has 1 aromatic carbocycles. The Morgan fingerprint density at radius 3 is 2.56 bits per heavy atom.